The van der Waals surface area contributed by atoms with Crippen molar-refractivity contribution in [2.24, 2.45) is 12.8 Å². The Morgan fingerprint density at radius 2 is 1.86 bits per heavy atom. The highest BCUT2D eigenvalue weighted by Crippen LogP contribution is 2.34. The minimum Gasteiger partial charge on any atom is -0.483 e. The second-order valence-corrected chi connectivity index (χ2v) is 9.53. The molecule has 2 aromatic carbocycles. The monoisotopic (exact) mass is 516 g/mol. The van der Waals surface area contributed by atoms with Crippen LogP contribution in [0.1, 0.15) is 46.0 Å². The molecule has 188 valence electrons. The third-order valence-electron chi connectivity index (χ3n) is 6.56. The number of carbonyl (C=O) groups is 1. The Labute approximate surface area is 217 Å². The molecule has 2 N–H and O–H groups in total. The first-order valence-electron chi connectivity index (χ1n) is 11.7. The Bertz CT molecular complexity index is 1790. The normalized spacial score (nSPS) is 12.3. The quantitative estimate of drug-likeness (QED) is 0.306. The zero-order chi connectivity index (χ0) is 26.6. The first kappa shape index (κ1) is 24.5. The summed E-state index contributed by atoms with van der Waals surface area (Å²) in [5.41, 5.74) is 10.2. The molecule has 8 nitrogen and oxygen atoms in total. The average Bonchev–Trinajstić information content (AvgIpc) is 3.14. The van der Waals surface area contributed by atoms with E-state index >= 15 is 0 Å². The van der Waals surface area contributed by atoms with Crippen LogP contribution in [-0.2, 0) is 7.05 Å². The molecule has 1 atom stereocenters. The molecule has 0 saturated heterocycles. The number of aromatic nitrogens is 3. The van der Waals surface area contributed by atoms with Crippen molar-refractivity contribution in [2.45, 2.75) is 33.8 Å². The van der Waals surface area contributed by atoms with Crippen LogP contribution in [0.4, 0.5) is 0 Å². The number of halogens is 1. The number of fused-ring (bicyclic) bond motifs is 2. The fourth-order valence-corrected chi connectivity index (χ4v) is 4.70. The van der Waals surface area contributed by atoms with Gasteiger partial charge in [0.25, 0.3) is 5.91 Å². The largest absolute Gasteiger partial charge is 0.483 e. The van der Waals surface area contributed by atoms with Gasteiger partial charge in [-0.05, 0) is 75.7 Å². The summed E-state index contributed by atoms with van der Waals surface area (Å²) in [4.78, 5) is 34.0. The topological polar surface area (TPSA) is 113 Å². The van der Waals surface area contributed by atoms with Crippen molar-refractivity contribution in [3.8, 4) is 17.1 Å². The molecule has 3 aromatic heterocycles. The summed E-state index contributed by atoms with van der Waals surface area (Å²) < 4.78 is 14.6. The standard InChI is InChI=1S/C28H25ClN4O4/c1-13-10-18(15(3)36-22-8-9-23(29)32-24(22)28(30)35)27-19(11-13)25(34)14(2)26(37-27)17-6-7-21-20(12-17)31-16(4)33(21)5/h6-12,15H,1-5H3,(H2,30,35)/t15-/m1/s1. The van der Waals surface area contributed by atoms with Gasteiger partial charge in [-0.25, -0.2) is 9.97 Å². The van der Waals surface area contributed by atoms with E-state index in [0.29, 0.717) is 27.9 Å². The zero-order valence-electron chi connectivity index (χ0n) is 21.0. The first-order chi connectivity index (χ1) is 17.5. The molecule has 0 bridgehead atoms. The molecule has 5 aromatic rings. The maximum atomic E-state index is 13.5. The molecule has 0 aliphatic carbocycles. The van der Waals surface area contributed by atoms with Crippen molar-refractivity contribution >= 4 is 39.5 Å². The van der Waals surface area contributed by atoms with Crippen LogP contribution in [0.3, 0.4) is 0 Å². The van der Waals surface area contributed by atoms with Crippen molar-refractivity contribution in [1.29, 1.82) is 0 Å². The summed E-state index contributed by atoms with van der Waals surface area (Å²) in [6, 6.07) is 12.6. The summed E-state index contributed by atoms with van der Waals surface area (Å²) in [7, 11) is 1.96. The van der Waals surface area contributed by atoms with Gasteiger partial charge in [-0.2, -0.15) is 0 Å². The van der Waals surface area contributed by atoms with E-state index in [9.17, 15) is 9.59 Å². The number of nitrogens with two attached hydrogens (primary N) is 1. The number of imidazole rings is 1. The highest BCUT2D eigenvalue weighted by molar-refractivity contribution is 6.29. The lowest BCUT2D eigenvalue weighted by Gasteiger charge is -2.19. The van der Waals surface area contributed by atoms with Crippen molar-refractivity contribution < 1.29 is 13.9 Å². The fraction of sp³-hybridized carbons (Fsp3) is 0.214. The molecule has 0 saturated carbocycles. The summed E-state index contributed by atoms with van der Waals surface area (Å²) in [5, 5.41) is 0.576. The number of hydrogen-bond donors (Lipinski definition) is 1. The Morgan fingerprint density at radius 1 is 1.11 bits per heavy atom. The van der Waals surface area contributed by atoms with E-state index in [0.717, 1.165) is 28.0 Å². The highest BCUT2D eigenvalue weighted by atomic mass is 35.5. The molecular weight excluding hydrogens is 492 g/mol. The molecular formula is C28H25ClN4O4. The van der Waals surface area contributed by atoms with E-state index in [4.69, 9.17) is 26.5 Å². The number of hydrogen-bond acceptors (Lipinski definition) is 6. The smallest absolute Gasteiger partial charge is 0.271 e. The summed E-state index contributed by atoms with van der Waals surface area (Å²) in [6.45, 7) is 7.40. The van der Waals surface area contributed by atoms with E-state index < -0.39 is 12.0 Å². The van der Waals surface area contributed by atoms with Crippen molar-refractivity contribution in [3.63, 3.8) is 0 Å². The van der Waals surface area contributed by atoms with E-state index in [1.54, 1.807) is 26.0 Å². The van der Waals surface area contributed by atoms with Gasteiger partial charge in [0.2, 0.25) is 0 Å². The maximum absolute atomic E-state index is 13.5. The lowest BCUT2D eigenvalue weighted by atomic mass is 9.99. The van der Waals surface area contributed by atoms with Gasteiger partial charge in [-0.15, -0.1) is 0 Å². The van der Waals surface area contributed by atoms with Gasteiger partial charge in [0, 0.05) is 23.7 Å². The fourth-order valence-electron chi connectivity index (χ4n) is 4.55. The van der Waals surface area contributed by atoms with Crippen molar-refractivity contribution in [3.05, 3.63) is 86.0 Å². The van der Waals surface area contributed by atoms with Crippen LogP contribution in [0.25, 0.3) is 33.3 Å². The summed E-state index contributed by atoms with van der Waals surface area (Å²) >= 11 is 5.94. The second kappa shape index (κ2) is 9.05. The average molecular weight is 517 g/mol. The van der Waals surface area contributed by atoms with Gasteiger partial charge in [0.05, 0.1) is 16.4 Å². The molecule has 0 radical (unpaired) electrons. The van der Waals surface area contributed by atoms with Crippen LogP contribution in [0.15, 0.2) is 51.7 Å². The molecule has 9 heteroatoms. The first-order valence-corrected chi connectivity index (χ1v) is 12.1. The van der Waals surface area contributed by atoms with Crippen LogP contribution in [0.5, 0.6) is 5.75 Å². The Hall–Kier alpha value is -4.17. The molecule has 3 heterocycles. The van der Waals surface area contributed by atoms with Crippen LogP contribution < -0.4 is 15.9 Å². The lowest BCUT2D eigenvalue weighted by molar-refractivity contribution is 0.0988. The van der Waals surface area contributed by atoms with E-state index in [-0.39, 0.29) is 22.0 Å². The molecule has 0 unspecified atom stereocenters. The van der Waals surface area contributed by atoms with Gasteiger partial charge in [-0.3, -0.25) is 9.59 Å². The van der Waals surface area contributed by atoms with Gasteiger partial charge in [0.1, 0.15) is 28.4 Å². The molecule has 0 spiro atoms. The molecule has 5 rings (SSSR count). The summed E-state index contributed by atoms with van der Waals surface area (Å²) in [6.07, 6.45) is -0.608. The van der Waals surface area contributed by atoms with Crippen LogP contribution in [-0.4, -0.2) is 20.4 Å². The molecule has 37 heavy (non-hydrogen) atoms. The number of rotatable bonds is 5. The minimum absolute atomic E-state index is 0.0757. The second-order valence-electron chi connectivity index (χ2n) is 9.14. The van der Waals surface area contributed by atoms with Gasteiger partial charge in [0.15, 0.2) is 16.9 Å². The van der Waals surface area contributed by atoms with Crippen molar-refractivity contribution in [1.82, 2.24) is 14.5 Å². The number of ether oxygens (including phenoxy) is 1. The Morgan fingerprint density at radius 3 is 2.59 bits per heavy atom. The molecule has 1 amide bonds. The predicted octanol–water partition coefficient (Wildman–Crippen LogP) is 5.56. The van der Waals surface area contributed by atoms with Crippen LogP contribution in [0.2, 0.25) is 5.15 Å². The number of primary amides is 1. The Balaban J connectivity index is 1.67. The third kappa shape index (κ3) is 4.23. The van der Waals surface area contributed by atoms with E-state index in [1.807, 2.05) is 49.7 Å². The number of amides is 1. The predicted molar refractivity (Wildman–Crippen MR) is 143 cm³/mol. The van der Waals surface area contributed by atoms with Gasteiger partial charge in [-0.1, -0.05) is 11.6 Å². The van der Waals surface area contributed by atoms with E-state index in [1.165, 1.54) is 6.07 Å². The van der Waals surface area contributed by atoms with E-state index in [2.05, 4.69) is 9.97 Å². The molecule has 0 aliphatic heterocycles. The molecule has 0 fully saturated rings. The SMILES string of the molecule is Cc1cc([C@@H](C)Oc2ccc(Cl)nc2C(N)=O)c2oc(-c3ccc4c(c3)nc(C)n4C)c(C)c(=O)c2c1. The maximum Gasteiger partial charge on any atom is 0.271 e. The minimum atomic E-state index is -0.761. The molecule has 0 aliphatic rings. The number of nitrogens with zero attached hydrogens (tertiary/aromatic N) is 3. The van der Waals surface area contributed by atoms with Crippen LogP contribution >= 0.6 is 11.6 Å². The Kier molecular flexibility index (Phi) is 6.00. The van der Waals surface area contributed by atoms with Crippen LogP contribution in [0, 0.1) is 20.8 Å². The summed E-state index contributed by atoms with van der Waals surface area (Å²) in [5.74, 6) is 0.777. The number of carbonyl (C=O) groups excluding carboxylic acids is 1. The number of benzene rings is 2. The van der Waals surface area contributed by atoms with Gasteiger partial charge >= 0.3 is 0 Å². The number of pyridine rings is 1. The lowest BCUT2D eigenvalue weighted by Crippen LogP contribution is -2.17. The zero-order valence-corrected chi connectivity index (χ0v) is 21.8. The van der Waals surface area contributed by atoms with Crippen molar-refractivity contribution in [2.75, 3.05) is 0 Å². The van der Waals surface area contributed by atoms with Gasteiger partial charge < -0.3 is 19.5 Å². The highest BCUT2D eigenvalue weighted by Gasteiger charge is 2.22. The third-order valence-corrected chi connectivity index (χ3v) is 6.77. The number of aryl methyl sites for hydroxylation is 3.